The highest BCUT2D eigenvalue weighted by Gasteiger charge is 2.24. The Morgan fingerprint density at radius 1 is 1.19 bits per heavy atom. The topological polar surface area (TPSA) is 32.6 Å². The first-order valence-electron chi connectivity index (χ1n) is 8.33. The number of rotatable bonds is 6. The van der Waals surface area contributed by atoms with Gasteiger partial charge in [0.25, 0.3) is 0 Å². The second-order valence-corrected chi connectivity index (χ2v) is 6.00. The third-order valence-corrected chi connectivity index (χ3v) is 4.37. The Kier molecular flexibility index (Phi) is 6.52. The lowest BCUT2D eigenvalue weighted by Gasteiger charge is -2.25. The smallest absolute Gasteiger partial charge is 0.0858 e. The van der Waals surface area contributed by atoms with E-state index in [1.54, 1.807) is 0 Å². The van der Waals surface area contributed by atoms with Crippen LogP contribution in [0.2, 0.25) is 0 Å². The Bertz CT molecular complexity index is 476. The fraction of sp³-hybridized carbons (Fsp3) is 0.526. The van der Waals surface area contributed by atoms with Crippen LogP contribution in [0.15, 0.2) is 41.1 Å². The number of unbranched alkanes of at least 4 members (excludes halogenated alkanes) is 3. The molecule has 1 unspecified atom stereocenters. The molecule has 114 valence electrons. The van der Waals surface area contributed by atoms with Crippen LogP contribution in [-0.4, -0.2) is 10.9 Å². The highest BCUT2D eigenvalue weighted by Crippen LogP contribution is 2.31. The van der Waals surface area contributed by atoms with Gasteiger partial charge in [-0.1, -0.05) is 68.1 Å². The first-order valence-corrected chi connectivity index (χ1v) is 8.33. The molecule has 0 saturated heterocycles. The van der Waals surface area contributed by atoms with Gasteiger partial charge in [-0.15, -0.1) is 0 Å². The molecular weight excluding hydrogens is 258 g/mol. The van der Waals surface area contributed by atoms with Crippen LogP contribution in [0, 0.1) is 5.92 Å². The van der Waals surface area contributed by atoms with Crippen LogP contribution in [0.25, 0.3) is 6.08 Å². The SMILES string of the molecule is CCCCCCC1CCCC(=C\c2ccccc2)/C1=N/O. The summed E-state index contributed by atoms with van der Waals surface area (Å²) < 4.78 is 0. The summed E-state index contributed by atoms with van der Waals surface area (Å²) in [6.07, 6.45) is 11.9. The number of oxime groups is 1. The summed E-state index contributed by atoms with van der Waals surface area (Å²) in [7, 11) is 0. The van der Waals surface area contributed by atoms with Crippen LogP contribution in [0.5, 0.6) is 0 Å². The van der Waals surface area contributed by atoms with Gasteiger partial charge in [-0.25, -0.2) is 0 Å². The standard InChI is InChI=1S/C19H27NO/c1-2-3-4-8-12-17-13-9-14-18(19(17)20-21)15-16-10-6-5-7-11-16/h5-7,10-11,15,17,21H,2-4,8-9,12-14H2,1H3/b18-15+,20-19+. The first kappa shape index (κ1) is 15.8. The lowest BCUT2D eigenvalue weighted by atomic mass is 9.80. The molecule has 2 nitrogen and oxygen atoms in total. The molecule has 0 bridgehead atoms. The van der Waals surface area contributed by atoms with E-state index in [9.17, 15) is 5.21 Å². The maximum absolute atomic E-state index is 9.46. The van der Waals surface area contributed by atoms with Gasteiger partial charge >= 0.3 is 0 Å². The van der Waals surface area contributed by atoms with Crippen LogP contribution >= 0.6 is 0 Å². The van der Waals surface area contributed by atoms with E-state index in [0.717, 1.165) is 25.0 Å². The molecular formula is C19H27NO. The third-order valence-electron chi connectivity index (χ3n) is 4.37. The fourth-order valence-electron chi connectivity index (χ4n) is 3.21. The Morgan fingerprint density at radius 3 is 2.71 bits per heavy atom. The van der Waals surface area contributed by atoms with E-state index in [2.05, 4.69) is 30.3 Å². The summed E-state index contributed by atoms with van der Waals surface area (Å²) in [5.41, 5.74) is 3.34. The number of hydrogen-bond acceptors (Lipinski definition) is 2. The number of nitrogens with zero attached hydrogens (tertiary/aromatic N) is 1. The van der Waals surface area contributed by atoms with Crippen LogP contribution in [0.4, 0.5) is 0 Å². The van der Waals surface area contributed by atoms with Crippen molar-refractivity contribution in [3.8, 4) is 0 Å². The average Bonchev–Trinajstić information content (AvgIpc) is 2.53. The summed E-state index contributed by atoms with van der Waals surface area (Å²) in [6, 6.07) is 10.3. The molecule has 1 fully saturated rings. The molecule has 2 heteroatoms. The molecule has 0 heterocycles. The maximum atomic E-state index is 9.46. The molecule has 0 aromatic heterocycles. The molecule has 1 N–H and O–H groups in total. The minimum Gasteiger partial charge on any atom is -0.411 e. The van der Waals surface area contributed by atoms with Crippen LogP contribution in [0.1, 0.15) is 63.9 Å². The van der Waals surface area contributed by atoms with E-state index in [1.807, 2.05) is 18.2 Å². The monoisotopic (exact) mass is 285 g/mol. The molecule has 1 aromatic carbocycles. The van der Waals surface area contributed by atoms with Crippen LogP contribution < -0.4 is 0 Å². The van der Waals surface area contributed by atoms with Crippen LogP contribution in [0.3, 0.4) is 0 Å². The van der Waals surface area contributed by atoms with Gasteiger partial charge in [0.15, 0.2) is 0 Å². The summed E-state index contributed by atoms with van der Waals surface area (Å²) in [4.78, 5) is 0. The van der Waals surface area contributed by atoms with Crippen molar-refractivity contribution in [2.75, 3.05) is 0 Å². The minimum atomic E-state index is 0.440. The third kappa shape index (κ3) is 4.73. The van der Waals surface area contributed by atoms with Crippen molar-refractivity contribution >= 4 is 11.8 Å². The zero-order valence-electron chi connectivity index (χ0n) is 13.1. The zero-order chi connectivity index (χ0) is 14.9. The summed E-state index contributed by atoms with van der Waals surface area (Å²) in [5, 5.41) is 13.1. The molecule has 1 aromatic rings. The summed E-state index contributed by atoms with van der Waals surface area (Å²) in [5.74, 6) is 0.440. The van der Waals surface area contributed by atoms with Gasteiger partial charge in [-0.2, -0.15) is 0 Å². The molecule has 0 spiro atoms. The second kappa shape index (κ2) is 8.66. The van der Waals surface area contributed by atoms with Crippen molar-refractivity contribution in [3.05, 3.63) is 41.5 Å². The maximum Gasteiger partial charge on any atom is 0.0858 e. The Labute approximate surface area is 128 Å². The quantitative estimate of drug-likeness (QED) is 0.407. The zero-order valence-corrected chi connectivity index (χ0v) is 13.1. The second-order valence-electron chi connectivity index (χ2n) is 6.00. The Balaban J connectivity index is 2.03. The molecule has 1 aliphatic carbocycles. The molecule has 21 heavy (non-hydrogen) atoms. The van der Waals surface area contributed by atoms with Crippen molar-refractivity contribution in [3.63, 3.8) is 0 Å². The van der Waals surface area contributed by atoms with Crippen molar-refractivity contribution in [1.29, 1.82) is 0 Å². The van der Waals surface area contributed by atoms with Gasteiger partial charge in [0, 0.05) is 5.92 Å². The lowest BCUT2D eigenvalue weighted by Crippen LogP contribution is -2.22. The number of benzene rings is 1. The predicted molar refractivity (Wildman–Crippen MR) is 89.7 cm³/mol. The Morgan fingerprint density at radius 2 is 2.00 bits per heavy atom. The molecule has 1 atom stereocenters. The largest absolute Gasteiger partial charge is 0.411 e. The van der Waals surface area contributed by atoms with E-state index < -0.39 is 0 Å². The highest BCUT2D eigenvalue weighted by molar-refractivity contribution is 6.05. The fourth-order valence-corrected chi connectivity index (χ4v) is 3.21. The van der Waals surface area contributed by atoms with Crippen LogP contribution in [-0.2, 0) is 0 Å². The molecule has 1 saturated carbocycles. The van der Waals surface area contributed by atoms with E-state index in [0.29, 0.717) is 5.92 Å². The highest BCUT2D eigenvalue weighted by atomic mass is 16.4. The molecule has 2 rings (SSSR count). The van der Waals surface area contributed by atoms with Gasteiger partial charge in [0.2, 0.25) is 0 Å². The molecule has 0 amide bonds. The number of allylic oxidation sites excluding steroid dienone is 1. The summed E-state index contributed by atoms with van der Waals surface area (Å²) >= 11 is 0. The Hall–Kier alpha value is -1.57. The lowest BCUT2D eigenvalue weighted by molar-refractivity contribution is 0.311. The van der Waals surface area contributed by atoms with Crippen molar-refractivity contribution in [2.24, 2.45) is 11.1 Å². The number of hydrogen-bond donors (Lipinski definition) is 1. The first-order chi connectivity index (χ1) is 10.3. The van der Waals surface area contributed by atoms with E-state index in [1.165, 1.54) is 43.2 Å². The normalized spacial score (nSPS) is 22.8. The van der Waals surface area contributed by atoms with Crippen molar-refractivity contribution in [1.82, 2.24) is 0 Å². The van der Waals surface area contributed by atoms with Crippen molar-refractivity contribution in [2.45, 2.75) is 58.3 Å². The van der Waals surface area contributed by atoms with Gasteiger partial charge in [0.05, 0.1) is 5.71 Å². The van der Waals surface area contributed by atoms with Gasteiger partial charge in [0.1, 0.15) is 0 Å². The molecule has 0 radical (unpaired) electrons. The predicted octanol–water partition coefficient (Wildman–Crippen LogP) is 5.67. The summed E-state index contributed by atoms with van der Waals surface area (Å²) in [6.45, 7) is 2.24. The van der Waals surface area contributed by atoms with Gasteiger partial charge in [-0.3, -0.25) is 0 Å². The average molecular weight is 285 g/mol. The van der Waals surface area contributed by atoms with E-state index >= 15 is 0 Å². The van der Waals surface area contributed by atoms with Crippen molar-refractivity contribution < 1.29 is 5.21 Å². The van der Waals surface area contributed by atoms with Gasteiger partial charge < -0.3 is 5.21 Å². The molecule has 0 aliphatic heterocycles. The minimum absolute atomic E-state index is 0.440. The molecule has 1 aliphatic rings. The van der Waals surface area contributed by atoms with E-state index in [4.69, 9.17) is 0 Å². The van der Waals surface area contributed by atoms with E-state index in [-0.39, 0.29) is 0 Å². The van der Waals surface area contributed by atoms with Gasteiger partial charge in [-0.05, 0) is 42.9 Å².